The average molecular weight is 639 g/mol. The zero-order chi connectivity index (χ0) is 31.1. The van der Waals surface area contributed by atoms with Crippen molar-refractivity contribution in [3.05, 3.63) is 75.8 Å². The summed E-state index contributed by atoms with van der Waals surface area (Å²) >= 11 is 13.0. The number of aliphatic imine (C=N–C) groups is 1. The van der Waals surface area contributed by atoms with Crippen molar-refractivity contribution >= 4 is 41.0 Å². The minimum atomic E-state index is -5.07. The van der Waals surface area contributed by atoms with Crippen molar-refractivity contribution in [2.45, 2.75) is 31.8 Å². The quantitative estimate of drug-likeness (QED) is 0.439. The fourth-order valence-electron chi connectivity index (χ4n) is 5.67. The van der Waals surface area contributed by atoms with E-state index in [0.717, 1.165) is 6.07 Å². The Hall–Kier alpha value is -3.90. The van der Waals surface area contributed by atoms with Gasteiger partial charge in [-0.25, -0.2) is 4.79 Å². The SMILES string of the molecule is COc1ccc(C2=NC(c3ccc(O)cc3)C(C3(C)C=C(Cl)C=C(Cl)C3)N2C(=O)N2CCNC(=O)C2)c(OC(F)(F)F)c1. The normalized spacial score (nSPS) is 24.2. The third-order valence-electron chi connectivity index (χ3n) is 7.46. The largest absolute Gasteiger partial charge is 0.573 e. The molecule has 0 aromatic heterocycles. The number of urea groups is 1. The molecule has 9 nitrogen and oxygen atoms in total. The first-order valence-corrected chi connectivity index (χ1v) is 13.9. The van der Waals surface area contributed by atoms with Crippen LogP contribution >= 0.6 is 23.2 Å². The molecule has 2 aromatic rings. The fourth-order valence-corrected chi connectivity index (χ4v) is 6.51. The molecule has 3 atom stereocenters. The number of hydrogen-bond donors (Lipinski definition) is 2. The van der Waals surface area contributed by atoms with Gasteiger partial charge in [-0.2, -0.15) is 0 Å². The van der Waals surface area contributed by atoms with Crippen LogP contribution in [0.2, 0.25) is 0 Å². The Labute approximate surface area is 255 Å². The molecule has 0 bridgehead atoms. The number of aromatic hydroxyl groups is 1. The summed E-state index contributed by atoms with van der Waals surface area (Å²) in [5.41, 5.74) is -0.548. The van der Waals surface area contributed by atoms with Gasteiger partial charge in [0.2, 0.25) is 5.91 Å². The molecule has 5 rings (SSSR count). The highest BCUT2D eigenvalue weighted by atomic mass is 35.5. The lowest BCUT2D eigenvalue weighted by molar-refractivity contribution is -0.274. The summed E-state index contributed by atoms with van der Waals surface area (Å²) in [4.78, 5) is 34.2. The molecule has 1 saturated heterocycles. The Bertz CT molecular complexity index is 1530. The molecule has 2 aromatic carbocycles. The van der Waals surface area contributed by atoms with Crippen LogP contribution in [0.4, 0.5) is 18.0 Å². The van der Waals surface area contributed by atoms with E-state index >= 15 is 0 Å². The predicted octanol–water partition coefficient (Wildman–Crippen LogP) is 5.68. The number of allylic oxidation sites excluding steroid dienone is 3. The van der Waals surface area contributed by atoms with E-state index in [1.54, 1.807) is 24.3 Å². The van der Waals surface area contributed by atoms with Gasteiger partial charge in [-0.1, -0.05) is 48.3 Å². The number of methoxy groups -OCH3 is 1. The van der Waals surface area contributed by atoms with Crippen molar-refractivity contribution < 1.29 is 37.3 Å². The van der Waals surface area contributed by atoms with Gasteiger partial charge < -0.3 is 24.8 Å². The van der Waals surface area contributed by atoms with Crippen LogP contribution in [0.3, 0.4) is 0 Å². The lowest BCUT2D eigenvalue weighted by atomic mass is 9.72. The Morgan fingerprint density at radius 1 is 1.19 bits per heavy atom. The van der Waals surface area contributed by atoms with Gasteiger partial charge in [0.25, 0.3) is 0 Å². The number of amidine groups is 1. The van der Waals surface area contributed by atoms with E-state index in [1.165, 1.54) is 41.2 Å². The van der Waals surface area contributed by atoms with Gasteiger partial charge in [0.15, 0.2) is 0 Å². The summed E-state index contributed by atoms with van der Waals surface area (Å²) in [6.07, 6.45) is -1.52. The molecule has 3 unspecified atom stereocenters. The zero-order valence-corrected chi connectivity index (χ0v) is 24.5. The van der Waals surface area contributed by atoms with E-state index in [1.807, 2.05) is 6.92 Å². The lowest BCUT2D eigenvalue weighted by Gasteiger charge is -2.44. The second kappa shape index (κ2) is 11.6. The van der Waals surface area contributed by atoms with Gasteiger partial charge in [0.1, 0.15) is 29.6 Å². The van der Waals surface area contributed by atoms with Crippen molar-refractivity contribution in [1.29, 1.82) is 0 Å². The summed E-state index contributed by atoms with van der Waals surface area (Å²) in [5.74, 6) is -1.05. The molecule has 1 aliphatic carbocycles. The smallest absolute Gasteiger partial charge is 0.508 e. The van der Waals surface area contributed by atoms with E-state index < -0.39 is 35.6 Å². The van der Waals surface area contributed by atoms with Crippen LogP contribution in [0.25, 0.3) is 0 Å². The number of carbonyl (C=O) groups excluding carboxylic acids is 2. The topological polar surface area (TPSA) is 104 Å². The Morgan fingerprint density at radius 3 is 2.53 bits per heavy atom. The molecule has 3 amide bonds. The van der Waals surface area contributed by atoms with E-state index in [2.05, 4.69) is 10.1 Å². The summed E-state index contributed by atoms with van der Waals surface area (Å²) < 4.78 is 50.4. The van der Waals surface area contributed by atoms with Gasteiger partial charge in [0.05, 0.1) is 24.8 Å². The minimum absolute atomic E-state index is 0.0106. The van der Waals surface area contributed by atoms with Crippen molar-refractivity contribution in [3.8, 4) is 17.2 Å². The number of phenols is 1. The molecule has 0 spiro atoms. The number of carbonyl (C=O) groups is 2. The van der Waals surface area contributed by atoms with Gasteiger partial charge in [-0.3, -0.25) is 14.7 Å². The summed E-state index contributed by atoms with van der Waals surface area (Å²) in [6.45, 7) is 1.92. The molecule has 228 valence electrons. The first kappa shape index (κ1) is 30.6. The number of piperazine rings is 1. The molecule has 3 aliphatic rings. The number of nitrogens with one attached hydrogen (secondary N) is 1. The number of ether oxygens (including phenoxy) is 2. The zero-order valence-electron chi connectivity index (χ0n) is 23.0. The highest BCUT2D eigenvalue weighted by Crippen LogP contribution is 2.50. The van der Waals surface area contributed by atoms with E-state index in [4.69, 9.17) is 32.9 Å². The molecule has 2 aliphatic heterocycles. The van der Waals surface area contributed by atoms with Crippen molar-refractivity contribution in [3.63, 3.8) is 0 Å². The average Bonchev–Trinajstić information content (AvgIpc) is 3.32. The van der Waals surface area contributed by atoms with E-state index in [0.29, 0.717) is 15.6 Å². The number of alkyl halides is 3. The van der Waals surface area contributed by atoms with E-state index in [9.17, 15) is 27.9 Å². The number of halogens is 5. The first-order valence-electron chi connectivity index (χ1n) is 13.2. The predicted molar refractivity (Wildman–Crippen MR) is 153 cm³/mol. The fraction of sp³-hybridized carbons (Fsp3) is 0.345. The molecule has 2 heterocycles. The molecule has 2 N–H and O–H groups in total. The molecule has 0 radical (unpaired) electrons. The van der Waals surface area contributed by atoms with Crippen LogP contribution in [0.5, 0.6) is 17.2 Å². The number of rotatable bonds is 5. The molecule has 14 heteroatoms. The number of hydrogen-bond acceptors (Lipinski definition) is 6. The first-order chi connectivity index (χ1) is 20.3. The highest BCUT2D eigenvalue weighted by Gasteiger charge is 2.53. The Kier molecular flexibility index (Phi) is 8.28. The molecule has 0 saturated carbocycles. The van der Waals surface area contributed by atoms with Crippen LogP contribution in [-0.2, 0) is 4.79 Å². The number of benzene rings is 2. The minimum Gasteiger partial charge on any atom is -0.508 e. The summed E-state index contributed by atoms with van der Waals surface area (Å²) in [6, 6.07) is 7.57. The third-order valence-corrected chi connectivity index (χ3v) is 7.92. The van der Waals surface area contributed by atoms with E-state index in [-0.39, 0.29) is 54.9 Å². The van der Waals surface area contributed by atoms with Gasteiger partial charge in [-0.05, 0) is 42.3 Å². The molecule has 1 fully saturated rings. The second-order valence-corrected chi connectivity index (χ2v) is 11.5. The second-order valence-electron chi connectivity index (χ2n) is 10.6. The maximum Gasteiger partial charge on any atom is 0.573 e. The Morgan fingerprint density at radius 2 is 1.91 bits per heavy atom. The highest BCUT2D eigenvalue weighted by molar-refractivity contribution is 6.35. The monoisotopic (exact) mass is 638 g/mol. The van der Waals surface area contributed by atoms with Crippen molar-refractivity contribution in [2.24, 2.45) is 10.4 Å². The van der Waals surface area contributed by atoms with Gasteiger partial charge in [-0.15, -0.1) is 13.2 Å². The third kappa shape index (κ3) is 6.40. The van der Waals surface area contributed by atoms with Crippen LogP contribution in [0.15, 0.2) is 69.7 Å². The van der Waals surface area contributed by atoms with Crippen molar-refractivity contribution in [1.82, 2.24) is 15.1 Å². The lowest BCUT2D eigenvalue weighted by Crippen LogP contribution is -2.59. The van der Waals surface area contributed by atoms with Gasteiger partial charge in [0, 0.05) is 34.6 Å². The van der Waals surface area contributed by atoms with Crippen LogP contribution < -0.4 is 14.8 Å². The number of nitrogens with zero attached hydrogens (tertiary/aromatic N) is 3. The van der Waals surface area contributed by atoms with Crippen LogP contribution in [0.1, 0.15) is 30.5 Å². The molecular weight excluding hydrogens is 612 g/mol. The maximum atomic E-state index is 14.4. The van der Waals surface area contributed by atoms with Crippen LogP contribution in [0, 0.1) is 5.41 Å². The number of phenolic OH excluding ortho intramolecular Hbond substituents is 1. The maximum absolute atomic E-state index is 14.4. The summed E-state index contributed by atoms with van der Waals surface area (Å²) in [5, 5.41) is 13.3. The van der Waals surface area contributed by atoms with Crippen LogP contribution in [-0.4, -0.2) is 71.8 Å². The van der Waals surface area contributed by atoms with Crippen molar-refractivity contribution in [2.75, 3.05) is 26.7 Å². The molecule has 43 heavy (non-hydrogen) atoms. The number of amides is 3. The van der Waals surface area contributed by atoms with Gasteiger partial charge >= 0.3 is 12.4 Å². The summed E-state index contributed by atoms with van der Waals surface area (Å²) in [7, 11) is 1.30. The molecular formula is C29H27Cl2F3N4O5. The Balaban J connectivity index is 1.74. The standard InChI is InChI=1S/C29H27Cl2F3N4O5/c1-28(13-17(30)11-18(31)14-28)25-24(16-3-5-19(39)6-4-16)36-26(38(25)27(41)37-10-9-35-23(40)15-37)21-8-7-20(42-2)12-22(21)43-29(32,33)34/h3-8,11-13,24-25,39H,9-10,14-15H2,1-2H3,(H,35,40).